The highest BCUT2D eigenvalue weighted by Crippen LogP contribution is 2.29. The number of hydrogen-bond donors (Lipinski definition) is 0. The van der Waals surface area contributed by atoms with Gasteiger partial charge in [-0.05, 0) is 23.1 Å². The van der Waals surface area contributed by atoms with Crippen molar-refractivity contribution in [3.63, 3.8) is 0 Å². The molecule has 2 aromatic rings. The molecule has 0 saturated heterocycles. The molecule has 2 aromatic carbocycles. The Labute approximate surface area is 96.6 Å². The molecule has 0 aliphatic carbocycles. The van der Waals surface area contributed by atoms with Crippen molar-refractivity contribution in [1.29, 1.82) is 0 Å². The molecule has 0 fully saturated rings. The molecule has 1 nitrogen and oxygen atoms in total. The third-order valence-electron chi connectivity index (χ3n) is 2.25. The zero-order chi connectivity index (χ0) is 11.5. The van der Waals surface area contributed by atoms with Crippen molar-refractivity contribution in [3.05, 3.63) is 42.0 Å². The topological polar surface area (TPSA) is 9.23 Å². The van der Waals surface area contributed by atoms with Crippen LogP contribution in [0.5, 0.6) is 5.75 Å². The summed E-state index contributed by atoms with van der Waals surface area (Å²) in [5.74, 6) is 0.438. The van der Waals surface area contributed by atoms with Crippen LogP contribution in [0.3, 0.4) is 0 Å². The second-order valence-electron chi connectivity index (χ2n) is 3.33. The van der Waals surface area contributed by atoms with Gasteiger partial charge in [0.25, 0.3) is 0 Å². The normalized spacial score (nSPS) is 11.0. The van der Waals surface area contributed by atoms with Gasteiger partial charge in [-0.15, -0.1) is 11.6 Å². The largest absolute Gasteiger partial charge is 0.434 e. The van der Waals surface area contributed by atoms with Gasteiger partial charge >= 0.3 is 6.61 Å². The van der Waals surface area contributed by atoms with Gasteiger partial charge in [-0.25, -0.2) is 0 Å². The number of alkyl halides is 3. The maximum atomic E-state index is 12.2. The van der Waals surface area contributed by atoms with Crippen LogP contribution in [0, 0.1) is 0 Å². The lowest BCUT2D eigenvalue weighted by Gasteiger charge is -2.09. The Morgan fingerprint density at radius 2 is 1.94 bits per heavy atom. The van der Waals surface area contributed by atoms with Crippen molar-refractivity contribution >= 4 is 22.4 Å². The van der Waals surface area contributed by atoms with Crippen LogP contribution in [0.1, 0.15) is 5.56 Å². The predicted octanol–water partition coefficient (Wildman–Crippen LogP) is 4.18. The van der Waals surface area contributed by atoms with Gasteiger partial charge in [0.2, 0.25) is 0 Å². The first-order valence-corrected chi connectivity index (χ1v) is 5.26. The van der Waals surface area contributed by atoms with Crippen LogP contribution in [0.15, 0.2) is 36.4 Å². The van der Waals surface area contributed by atoms with E-state index in [0.29, 0.717) is 5.39 Å². The van der Waals surface area contributed by atoms with E-state index in [1.807, 2.05) is 18.2 Å². The summed E-state index contributed by atoms with van der Waals surface area (Å²) in [7, 11) is 0. The summed E-state index contributed by atoms with van der Waals surface area (Å²) < 4.78 is 28.9. The van der Waals surface area contributed by atoms with Crippen LogP contribution in [0.2, 0.25) is 0 Å². The Balaban J connectivity index is 2.59. The average Bonchev–Trinajstić information content (AvgIpc) is 2.28. The minimum atomic E-state index is -2.83. The molecule has 0 N–H and O–H groups in total. The molecule has 0 saturated carbocycles. The van der Waals surface area contributed by atoms with Crippen molar-refractivity contribution in [1.82, 2.24) is 0 Å². The summed E-state index contributed by atoms with van der Waals surface area (Å²) in [6, 6.07) is 10.6. The maximum absolute atomic E-state index is 12.2. The van der Waals surface area contributed by atoms with Crippen molar-refractivity contribution in [2.24, 2.45) is 0 Å². The SMILES string of the molecule is FC(F)Oc1cc(CCl)cc2ccccc12. The number of hydrogen-bond acceptors (Lipinski definition) is 1. The van der Waals surface area contributed by atoms with Gasteiger partial charge in [0.05, 0.1) is 0 Å². The van der Waals surface area contributed by atoms with E-state index in [4.69, 9.17) is 11.6 Å². The lowest BCUT2D eigenvalue weighted by Crippen LogP contribution is -2.02. The molecule has 16 heavy (non-hydrogen) atoms. The van der Waals surface area contributed by atoms with Crippen molar-refractivity contribution in [3.8, 4) is 5.75 Å². The Kier molecular flexibility index (Phi) is 3.25. The van der Waals surface area contributed by atoms with E-state index >= 15 is 0 Å². The first kappa shape index (κ1) is 11.1. The zero-order valence-corrected chi connectivity index (χ0v) is 9.05. The second-order valence-corrected chi connectivity index (χ2v) is 3.59. The van der Waals surface area contributed by atoms with Gasteiger partial charge in [0, 0.05) is 11.3 Å². The molecule has 4 heteroatoms. The molecule has 0 radical (unpaired) electrons. The average molecular weight is 243 g/mol. The summed E-state index contributed by atoms with van der Waals surface area (Å²) in [4.78, 5) is 0. The number of fused-ring (bicyclic) bond motifs is 1. The molecule has 0 aliphatic heterocycles. The first-order valence-electron chi connectivity index (χ1n) is 4.73. The number of ether oxygens (including phenoxy) is 1. The fraction of sp³-hybridized carbons (Fsp3) is 0.167. The highest BCUT2D eigenvalue weighted by molar-refractivity contribution is 6.17. The Morgan fingerprint density at radius 3 is 2.62 bits per heavy atom. The molecular formula is C12H9ClF2O. The summed E-state index contributed by atoms with van der Waals surface area (Å²) in [5, 5.41) is 1.51. The van der Waals surface area contributed by atoms with Crippen LogP contribution >= 0.6 is 11.6 Å². The van der Waals surface area contributed by atoms with E-state index in [-0.39, 0.29) is 11.6 Å². The zero-order valence-electron chi connectivity index (χ0n) is 8.29. The minimum absolute atomic E-state index is 0.170. The van der Waals surface area contributed by atoms with E-state index in [0.717, 1.165) is 10.9 Å². The summed E-state index contributed by atoms with van der Waals surface area (Å²) in [5.41, 5.74) is 0.760. The summed E-state index contributed by atoms with van der Waals surface area (Å²) in [6.07, 6.45) is 0. The fourth-order valence-corrected chi connectivity index (χ4v) is 1.76. The van der Waals surface area contributed by atoms with Gasteiger partial charge in [0.15, 0.2) is 0 Å². The lowest BCUT2D eigenvalue weighted by atomic mass is 10.1. The summed E-state index contributed by atoms with van der Waals surface area (Å²) >= 11 is 5.69. The molecule has 0 bridgehead atoms. The van der Waals surface area contributed by atoms with Gasteiger partial charge < -0.3 is 4.74 Å². The molecule has 0 aromatic heterocycles. The smallest absolute Gasteiger partial charge is 0.387 e. The molecule has 2 rings (SSSR count). The van der Waals surface area contributed by atoms with Gasteiger partial charge in [-0.3, -0.25) is 0 Å². The van der Waals surface area contributed by atoms with Crippen LogP contribution in [-0.2, 0) is 5.88 Å². The van der Waals surface area contributed by atoms with Crippen LogP contribution in [-0.4, -0.2) is 6.61 Å². The standard InChI is InChI=1S/C12H9ClF2O/c13-7-8-5-9-3-1-2-4-10(9)11(6-8)16-12(14)15/h1-6,12H,7H2. The highest BCUT2D eigenvalue weighted by atomic mass is 35.5. The Bertz CT molecular complexity index is 499. The van der Waals surface area contributed by atoms with Crippen molar-refractivity contribution < 1.29 is 13.5 Å². The maximum Gasteiger partial charge on any atom is 0.387 e. The quantitative estimate of drug-likeness (QED) is 0.734. The Hall–Kier alpha value is -1.35. The third kappa shape index (κ3) is 2.25. The summed E-state index contributed by atoms with van der Waals surface area (Å²) in [6.45, 7) is -2.83. The van der Waals surface area contributed by atoms with Crippen molar-refractivity contribution in [2.45, 2.75) is 12.5 Å². The van der Waals surface area contributed by atoms with E-state index in [1.165, 1.54) is 0 Å². The molecule has 0 amide bonds. The first-order chi connectivity index (χ1) is 7.70. The van der Waals surface area contributed by atoms with Crippen molar-refractivity contribution in [2.75, 3.05) is 0 Å². The number of rotatable bonds is 3. The van der Waals surface area contributed by atoms with E-state index in [9.17, 15) is 8.78 Å². The van der Waals surface area contributed by atoms with E-state index in [1.54, 1.807) is 18.2 Å². The molecule has 0 unspecified atom stereocenters. The molecule has 0 atom stereocenters. The molecule has 0 heterocycles. The lowest BCUT2D eigenvalue weighted by molar-refractivity contribution is -0.0488. The fourth-order valence-electron chi connectivity index (χ4n) is 1.61. The number of halogens is 3. The monoisotopic (exact) mass is 242 g/mol. The van der Waals surface area contributed by atoms with Gasteiger partial charge in [-0.2, -0.15) is 8.78 Å². The molecule has 0 aliphatic rings. The third-order valence-corrected chi connectivity index (χ3v) is 2.56. The van der Waals surface area contributed by atoms with E-state index < -0.39 is 6.61 Å². The van der Waals surface area contributed by atoms with Gasteiger partial charge in [-0.1, -0.05) is 24.3 Å². The minimum Gasteiger partial charge on any atom is -0.434 e. The molecule has 84 valence electrons. The van der Waals surface area contributed by atoms with Crippen LogP contribution in [0.4, 0.5) is 8.78 Å². The second kappa shape index (κ2) is 4.66. The highest BCUT2D eigenvalue weighted by Gasteiger charge is 2.09. The number of benzene rings is 2. The predicted molar refractivity (Wildman–Crippen MR) is 60.1 cm³/mol. The molecular weight excluding hydrogens is 234 g/mol. The van der Waals surface area contributed by atoms with Crippen LogP contribution < -0.4 is 4.74 Å². The van der Waals surface area contributed by atoms with E-state index in [2.05, 4.69) is 4.74 Å². The molecule has 0 spiro atoms. The van der Waals surface area contributed by atoms with Crippen LogP contribution in [0.25, 0.3) is 10.8 Å². The van der Waals surface area contributed by atoms with Gasteiger partial charge in [0.1, 0.15) is 5.75 Å². The Morgan fingerprint density at radius 1 is 1.19 bits per heavy atom.